The molecule has 0 spiro atoms. The van der Waals surface area contributed by atoms with Gasteiger partial charge in [0.05, 0.1) is 33.5 Å². The molecule has 10 heteroatoms. The Morgan fingerprint density at radius 3 is 1.65 bits per heavy atom. The number of benzene rings is 2. The number of nitrogens with zero attached hydrogens (tertiary/aromatic N) is 4. The maximum Gasteiger partial charge on any atom is 0.141 e. The van der Waals surface area contributed by atoms with E-state index in [0.29, 0.717) is 17.8 Å². The van der Waals surface area contributed by atoms with E-state index in [1.165, 1.54) is 85.0 Å². The molecule has 4 aromatic heterocycles. The number of hydrogen-bond donors (Lipinski definition) is 3. The Kier molecular flexibility index (Phi) is 16.7. The van der Waals surface area contributed by atoms with Crippen LogP contribution in [0, 0.1) is 35.1 Å². The number of allylic oxidation sites excluding steroid dienone is 2. The first-order valence-corrected chi connectivity index (χ1v) is 20.9. The van der Waals surface area contributed by atoms with Crippen molar-refractivity contribution < 1.29 is 36.0 Å². The molecule has 314 valence electrons. The molecule has 9 nitrogen and oxygen atoms in total. The van der Waals surface area contributed by atoms with E-state index in [1.807, 2.05) is 27.7 Å². The monoisotopic (exact) mass is 869 g/mol. The fourth-order valence-corrected chi connectivity index (χ4v) is 8.05. The molecular weight excluding hydrogens is 803 g/mol. The number of rotatable bonds is 13. The SMILES string of the molecule is CC/C=C(\CCC)c1cc(-c2c(C)noc2C)cc2[nH]c(C3CC3)nc12.CCCC(CCC)c1cc(-c2c(C)noc2C)cc2[nH]c(C3CC3)nc12.CCO.[CH3-].[HH].[Pd]. The van der Waals surface area contributed by atoms with Crippen LogP contribution in [0.4, 0.5) is 0 Å². The van der Waals surface area contributed by atoms with Crippen LogP contribution in [0.2, 0.25) is 0 Å². The first kappa shape index (κ1) is 45.9. The van der Waals surface area contributed by atoms with Gasteiger partial charge in [0.1, 0.15) is 23.2 Å². The number of aliphatic hydroxyl groups is 1. The number of imidazole rings is 2. The predicted octanol–water partition coefficient (Wildman–Crippen LogP) is 13.4. The van der Waals surface area contributed by atoms with Crippen molar-refractivity contribution in [2.24, 2.45) is 0 Å². The van der Waals surface area contributed by atoms with Crippen LogP contribution < -0.4 is 0 Å². The Morgan fingerprint density at radius 1 is 0.754 bits per heavy atom. The van der Waals surface area contributed by atoms with E-state index in [1.54, 1.807) is 6.92 Å². The van der Waals surface area contributed by atoms with Crippen LogP contribution in [0.5, 0.6) is 0 Å². The summed E-state index contributed by atoms with van der Waals surface area (Å²) in [6.07, 6.45) is 15.4. The Balaban J connectivity index is 0.000000277. The number of nitrogens with one attached hydrogen (secondary N) is 2. The van der Waals surface area contributed by atoms with Crippen LogP contribution in [-0.4, -0.2) is 42.0 Å². The zero-order chi connectivity index (χ0) is 39.2. The Bertz CT molecular complexity index is 2190. The zero-order valence-corrected chi connectivity index (χ0v) is 37.5. The van der Waals surface area contributed by atoms with Crippen molar-refractivity contribution in [3.05, 3.63) is 83.5 Å². The minimum atomic E-state index is 0. The van der Waals surface area contributed by atoms with Crippen molar-refractivity contribution in [2.75, 3.05) is 6.61 Å². The quantitative estimate of drug-likeness (QED) is 0.0778. The molecule has 0 radical (unpaired) electrons. The van der Waals surface area contributed by atoms with Gasteiger partial charge in [-0.1, -0.05) is 63.3 Å². The number of hydrogen-bond acceptors (Lipinski definition) is 7. The molecule has 0 amide bonds. The summed E-state index contributed by atoms with van der Waals surface area (Å²) in [7, 11) is 0. The molecule has 0 saturated heterocycles. The molecular formula is C47H67N6O3Pd-. The van der Waals surface area contributed by atoms with Crippen LogP contribution in [-0.2, 0) is 20.4 Å². The van der Waals surface area contributed by atoms with Gasteiger partial charge in [0.25, 0.3) is 0 Å². The van der Waals surface area contributed by atoms with Gasteiger partial charge in [-0.15, -0.1) is 0 Å². The molecule has 2 aromatic carbocycles. The van der Waals surface area contributed by atoms with Gasteiger partial charge >= 0.3 is 0 Å². The minimum absolute atomic E-state index is 0. The van der Waals surface area contributed by atoms with E-state index in [4.69, 9.17) is 24.1 Å². The number of aromatic amines is 2. The topological polar surface area (TPSA) is 130 Å². The van der Waals surface area contributed by atoms with Crippen molar-refractivity contribution >= 4 is 27.6 Å². The molecule has 8 rings (SSSR count). The number of aryl methyl sites for hydroxylation is 4. The number of H-pyrrole nitrogens is 2. The molecule has 2 aliphatic rings. The van der Waals surface area contributed by atoms with Gasteiger partial charge in [-0.3, -0.25) is 0 Å². The molecule has 57 heavy (non-hydrogen) atoms. The second-order valence-corrected chi connectivity index (χ2v) is 15.6. The molecule has 3 N–H and O–H groups in total. The third kappa shape index (κ3) is 10.4. The third-order valence-corrected chi connectivity index (χ3v) is 10.8. The Hall–Kier alpha value is -3.84. The van der Waals surface area contributed by atoms with E-state index in [0.717, 1.165) is 81.2 Å². The molecule has 2 aliphatic carbocycles. The van der Waals surface area contributed by atoms with Crippen molar-refractivity contribution in [1.82, 2.24) is 30.2 Å². The standard InChI is InChI=1S/C22H29N3O.C22H27N3O.C2H6O.CH3.Pd.H2/c2*1-5-7-15(8-6-2)18-11-17(20-13(3)25-26-14(20)4)12-19-21(18)24-22(23-19)16-9-10-16;1-2-3;;;/h11-12,15-16H,5-10H2,1-4H3,(H,23,24);7,11-12,16H,5-6,8-10H2,1-4H3,(H,23,24);3H,2H2,1H3;1H3;;1H/q;;;-1;;/b;15-7+;;;;. The maximum absolute atomic E-state index is 7.57. The van der Waals surface area contributed by atoms with Gasteiger partial charge in [-0.05, 0) is 138 Å². The fraction of sp³-hybridized carbons (Fsp3) is 0.511. The summed E-state index contributed by atoms with van der Waals surface area (Å²) in [5, 5.41) is 15.9. The van der Waals surface area contributed by atoms with E-state index in [-0.39, 0.29) is 35.9 Å². The van der Waals surface area contributed by atoms with E-state index in [9.17, 15) is 0 Å². The zero-order valence-electron chi connectivity index (χ0n) is 36.0. The predicted molar refractivity (Wildman–Crippen MR) is 233 cm³/mol. The first-order chi connectivity index (χ1) is 26.6. The molecule has 0 atom stereocenters. The summed E-state index contributed by atoms with van der Waals surface area (Å²) in [4.78, 5) is 17.2. The number of aliphatic hydroxyl groups excluding tert-OH is 1. The number of aromatic nitrogens is 6. The smallest absolute Gasteiger partial charge is 0.141 e. The average Bonchev–Trinajstić information content (AvgIpc) is 4.05. The summed E-state index contributed by atoms with van der Waals surface area (Å²) in [5.41, 5.74) is 15.1. The van der Waals surface area contributed by atoms with Crippen LogP contribution in [0.25, 0.3) is 49.9 Å². The molecule has 0 unspecified atom stereocenters. The molecule has 2 saturated carbocycles. The fourth-order valence-electron chi connectivity index (χ4n) is 8.05. The van der Waals surface area contributed by atoms with Crippen molar-refractivity contribution in [2.45, 2.75) is 151 Å². The summed E-state index contributed by atoms with van der Waals surface area (Å²) < 4.78 is 10.9. The molecule has 2 fully saturated rings. The molecule has 0 aliphatic heterocycles. The van der Waals surface area contributed by atoms with Crippen molar-refractivity contribution in [3.8, 4) is 22.3 Å². The van der Waals surface area contributed by atoms with Crippen molar-refractivity contribution in [3.63, 3.8) is 0 Å². The summed E-state index contributed by atoms with van der Waals surface area (Å²) in [6, 6.07) is 9.07. The molecule has 4 heterocycles. The van der Waals surface area contributed by atoms with Crippen molar-refractivity contribution in [1.29, 1.82) is 0 Å². The Labute approximate surface area is 355 Å². The maximum atomic E-state index is 7.57. The second kappa shape index (κ2) is 20.7. The molecule has 6 aromatic rings. The van der Waals surface area contributed by atoms with Crippen LogP contribution in [0.3, 0.4) is 0 Å². The van der Waals surface area contributed by atoms with E-state index in [2.05, 4.69) is 78.3 Å². The van der Waals surface area contributed by atoms with Gasteiger partial charge in [0.15, 0.2) is 0 Å². The van der Waals surface area contributed by atoms with Gasteiger partial charge < -0.3 is 31.5 Å². The number of fused-ring (bicyclic) bond motifs is 2. The minimum Gasteiger partial charge on any atom is -0.397 e. The largest absolute Gasteiger partial charge is 0.397 e. The summed E-state index contributed by atoms with van der Waals surface area (Å²) in [6.45, 7) is 18.9. The van der Waals surface area contributed by atoms with Crippen LogP contribution in [0.1, 0.15) is 170 Å². The summed E-state index contributed by atoms with van der Waals surface area (Å²) in [5.74, 6) is 5.87. The first-order valence-electron chi connectivity index (χ1n) is 20.9. The van der Waals surface area contributed by atoms with Gasteiger partial charge in [0, 0.05) is 57.0 Å². The third-order valence-electron chi connectivity index (χ3n) is 10.8. The average molecular weight is 871 g/mol. The van der Waals surface area contributed by atoms with Crippen LogP contribution >= 0.6 is 0 Å². The van der Waals surface area contributed by atoms with Gasteiger partial charge in [-0.25, -0.2) is 9.97 Å². The van der Waals surface area contributed by atoms with Gasteiger partial charge in [-0.2, -0.15) is 0 Å². The van der Waals surface area contributed by atoms with Gasteiger partial charge in [0.2, 0.25) is 0 Å². The Morgan fingerprint density at radius 2 is 1.23 bits per heavy atom. The summed E-state index contributed by atoms with van der Waals surface area (Å²) >= 11 is 0. The van der Waals surface area contributed by atoms with E-state index >= 15 is 0 Å². The second-order valence-electron chi connectivity index (χ2n) is 15.6. The van der Waals surface area contributed by atoms with E-state index < -0.39 is 0 Å². The normalized spacial score (nSPS) is 13.9. The molecule has 0 bridgehead atoms. The van der Waals surface area contributed by atoms with Crippen LogP contribution in [0.15, 0.2) is 39.4 Å².